The predicted molar refractivity (Wildman–Crippen MR) is 64.1 cm³/mol. The number of nitrogens with two attached hydrogens (primary N) is 1. The van der Waals surface area contributed by atoms with Crippen molar-refractivity contribution >= 4 is 5.69 Å². The Morgan fingerprint density at radius 2 is 2.25 bits per heavy atom. The topological polar surface area (TPSA) is 32.5 Å². The van der Waals surface area contributed by atoms with Gasteiger partial charge in [-0.1, -0.05) is 6.07 Å². The summed E-state index contributed by atoms with van der Waals surface area (Å²) in [5.74, 6) is -0.180. The van der Waals surface area contributed by atoms with Crippen molar-refractivity contribution in [3.05, 3.63) is 30.1 Å². The van der Waals surface area contributed by atoms with Gasteiger partial charge in [0.2, 0.25) is 0 Å². The highest BCUT2D eigenvalue weighted by atomic mass is 19.1. The number of rotatable bonds is 2. The molecule has 1 heterocycles. The van der Waals surface area contributed by atoms with Gasteiger partial charge in [0.05, 0.1) is 0 Å². The molecule has 0 radical (unpaired) electrons. The smallest absolute Gasteiger partial charge is 0.125 e. The number of nitrogens with zero attached hydrogens (tertiary/aromatic N) is 2. The molecule has 1 atom stereocenters. The maximum absolute atomic E-state index is 13.1. The molecule has 0 bridgehead atoms. The molecule has 1 aliphatic rings. The zero-order chi connectivity index (χ0) is 11.5. The minimum atomic E-state index is -0.180. The van der Waals surface area contributed by atoms with E-state index in [1.54, 1.807) is 12.1 Å². The molecule has 1 aromatic rings. The Kier molecular flexibility index (Phi) is 3.41. The van der Waals surface area contributed by atoms with Crippen molar-refractivity contribution in [2.75, 3.05) is 38.1 Å². The van der Waals surface area contributed by atoms with E-state index >= 15 is 0 Å². The zero-order valence-electron chi connectivity index (χ0n) is 9.56. The number of benzene rings is 1. The largest absolute Gasteiger partial charge is 0.369 e. The van der Waals surface area contributed by atoms with Crippen LogP contribution in [0.15, 0.2) is 24.3 Å². The third kappa shape index (κ3) is 2.33. The maximum Gasteiger partial charge on any atom is 0.125 e. The number of halogens is 1. The SMILES string of the molecule is CN1CCN(c2cccc(F)c2)CC1CN. The van der Waals surface area contributed by atoms with Crippen LogP contribution in [0.25, 0.3) is 0 Å². The molecule has 1 aromatic carbocycles. The van der Waals surface area contributed by atoms with Gasteiger partial charge in [-0.2, -0.15) is 0 Å². The normalized spacial score (nSPS) is 22.4. The molecular formula is C12H18FN3. The fourth-order valence-electron chi connectivity index (χ4n) is 2.11. The van der Waals surface area contributed by atoms with E-state index in [-0.39, 0.29) is 5.82 Å². The first-order valence-electron chi connectivity index (χ1n) is 5.61. The second-order valence-corrected chi connectivity index (χ2v) is 4.30. The molecule has 1 fully saturated rings. The van der Waals surface area contributed by atoms with Crippen LogP contribution < -0.4 is 10.6 Å². The van der Waals surface area contributed by atoms with Crippen LogP contribution in [0.5, 0.6) is 0 Å². The van der Waals surface area contributed by atoms with Gasteiger partial charge in [0.25, 0.3) is 0 Å². The Balaban J connectivity index is 2.11. The first-order valence-corrected chi connectivity index (χ1v) is 5.61. The number of piperazine rings is 1. The van der Waals surface area contributed by atoms with Crippen molar-refractivity contribution in [2.45, 2.75) is 6.04 Å². The van der Waals surface area contributed by atoms with Crippen molar-refractivity contribution in [1.82, 2.24) is 4.90 Å². The fourth-order valence-corrected chi connectivity index (χ4v) is 2.11. The molecule has 0 spiro atoms. The van der Waals surface area contributed by atoms with Gasteiger partial charge in [-0.05, 0) is 25.2 Å². The van der Waals surface area contributed by atoms with Crippen LogP contribution in [0.2, 0.25) is 0 Å². The number of anilines is 1. The van der Waals surface area contributed by atoms with Gasteiger partial charge in [0.1, 0.15) is 5.82 Å². The van der Waals surface area contributed by atoms with Crippen LogP contribution in [0.4, 0.5) is 10.1 Å². The summed E-state index contributed by atoms with van der Waals surface area (Å²) in [5, 5.41) is 0. The van der Waals surface area contributed by atoms with Gasteiger partial charge < -0.3 is 10.6 Å². The minimum Gasteiger partial charge on any atom is -0.369 e. The highest BCUT2D eigenvalue weighted by Gasteiger charge is 2.23. The van der Waals surface area contributed by atoms with E-state index in [9.17, 15) is 4.39 Å². The molecule has 0 saturated carbocycles. The highest BCUT2D eigenvalue weighted by Crippen LogP contribution is 2.18. The lowest BCUT2D eigenvalue weighted by atomic mass is 10.1. The van der Waals surface area contributed by atoms with Gasteiger partial charge in [-0.25, -0.2) is 4.39 Å². The monoisotopic (exact) mass is 223 g/mol. The van der Waals surface area contributed by atoms with E-state index in [4.69, 9.17) is 5.73 Å². The predicted octanol–water partition coefficient (Wildman–Crippen LogP) is 0.905. The summed E-state index contributed by atoms with van der Waals surface area (Å²) in [6.07, 6.45) is 0. The van der Waals surface area contributed by atoms with Gasteiger partial charge in [0.15, 0.2) is 0 Å². The van der Waals surface area contributed by atoms with Crippen LogP contribution >= 0.6 is 0 Å². The molecule has 4 heteroatoms. The van der Waals surface area contributed by atoms with Crippen LogP contribution in [-0.4, -0.2) is 44.2 Å². The quantitative estimate of drug-likeness (QED) is 0.808. The van der Waals surface area contributed by atoms with E-state index in [2.05, 4.69) is 16.8 Å². The summed E-state index contributed by atoms with van der Waals surface area (Å²) in [6.45, 7) is 3.41. The van der Waals surface area contributed by atoms with Gasteiger partial charge in [0, 0.05) is 37.9 Å². The zero-order valence-corrected chi connectivity index (χ0v) is 9.56. The molecule has 16 heavy (non-hydrogen) atoms. The molecule has 0 amide bonds. The Hall–Kier alpha value is -1.13. The third-order valence-corrected chi connectivity index (χ3v) is 3.22. The van der Waals surface area contributed by atoms with Crippen molar-refractivity contribution in [3.63, 3.8) is 0 Å². The molecule has 3 nitrogen and oxygen atoms in total. The Labute approximate surface area is 95.6 Å². The fraction of sp³-hybridized carbons (Fsp3) is 0.500. The average Bonchev–Trinajstić information content (AvgIpc) is 2.29. The first-order chi connectivity index (χ1) is 7.70. The van der Waals surface area contributed by atoms with Crippen LogP contribution in [0.1, 0.15) is 0 Å². The van der Waals surface area contributed by atoms with Crippen molar-refractivity contribution < 1.29 is 4.39 Å². The second kappa shape index (κ2) is 4.80. The minimum absolute atomic E-state index is 0.180. The molecule has 0 aromatic heterocycles. The summed E-state index contributed by atoms with van der Waals surface area (Å²) in [4.78, 5) is 4.45. The number of likely N-dealkylation sites (N-methyl/N-ethyl adjacent to an activating group) is 1. The molecule has 2 N–H and O–H groups in total. The lowest BCUT2D eigenvalue weighted by Crippen LogP contribution is -2.54. The average molecular weight is 223 g/mol. The van der Waals surface area contributed by atoms with E-state index in [0.717, 1.165) is 25.3 Å². The van der Waals surface area contributed by atoms with Gasteiger partial charge in [-0.15, -0.1) is 0 Å². The summed E-state index contributed by atoms with van der Waals surface area (Å²) < 4.78 is 13.1. The molecule has 88 valence electrons. The van der Waals surface area contributed by atoms with E-state index in [1.807, 2.05) is 6.07 Å². The van der Waals surface area contributed by atoms with Crippen molar-refractivity contribution in [2.24, 2.45) is 5.73 Å². The summed E-state index contributed by atoms with van der Waals surface area (Å²) in [6, 6.07) is 7.11. The molecule has 1 aliphatic heterocycles. The lowest BCUT2D eigenvalue weighted by Gasteiger charge is -2.40. The highest BCUT2D eigenvalue weighted by molar-refractivity contribution is 5.47. The second-order valence-electron chi connectivity index (χ2n) is 4.30. The van der Waals surface area contributed by atoms with Crippen molar-refractivity contribution in [1.29, 1.82) is 0 Å². The number of hydrogen-bond donors (Lipinski definition) is 1. The summed E-state index contributed by atoms with van der Waals surface area (Å²) in [5.41, 5.74) is 6.67. The van der Waals surface area contributed by atoms with Crippen molar-refractivity contribution in [3.8, 4) is 0 Å². The molecule has 1 saturated heterocycles. The van der Waals surface area contributed by atoms with E-state index < -0.39 is 0 Å². The third-order valence-electron chi connectivity index (χ3n) is 3.22. The number of hydrogen-bond acceptors (Lipinski definition) is 3. The molecular weight excluding hydrogens is 205 g/mol. The molecule has 2 rings (SSSR count). The van der Waals surface area contributed by atoms with Crippen LogP contribution in [-0.2, 0) is 0 Å². The van der Waals surface area contributed by atoms with Crippen LogP contribution in [0.3, 0.4) is 0 Å². The van der Waals surface area contributed by atoms with E-state index in [1.165, 1.54) is 6.07 Å². The van der Waals surface area contributed by atoms with Crippen LogP contribution in [0, 0.1) is 5.82 Å². The first kappa shape index (κ1) is 11.4. The Bertz CT molecular complexity index is 356. The Morgan fingerprint density at radius 3 is 2.94 bits per heavy atom. The lowest BCUT2D eigenvalue weighted by molar-refractivity contribution is 0.224. The van der Waals surface area contributed by atoms with E-state index in [0.29, 0.717) is 12.6 Å². The summed E-state index contributed by atoms with van der Waals surface area (Å²) >= 11 is 0. The molecule has 1 unspecified atom stereocenters. The van der Waals surface area contributed by atoms with Gasteiger partial charge >= 0.3 is 0 Å². The summed E-state index contributed by atoms with van der Waals surface area (Å²) in [7, 11) is 2.08. The maximum atomic E-state index is 13.1. The Morgan fingerprint density at radius 1 is 1.44 bits per heavy atom. The standard InChI is InChI=1S/C12H18FN3/c1-15-5-6-16(9-12(15)8-14)11-4-2-3-10(13)7-11/h2-4,7,12H,5-6,8-9,14H2,1H3. The van der Waals surface area contributed by atoms with Gasteiger partial charge in [-0.3, -0.25) is 4.90 Å². The molecule has 0 aliphatic carbocycles.